The summed E-state index contributed by atoms with van der Waals surface area (Å²) < 4.78 is 0. The molecule has 5 N–H and O–H groups in total. The highest BCUT2D eigenvalue weighted by molar-refractivity contribution is 5.94. The lowest BCUT2D eigenvalue weighted by Gasteiger charge is -2.24. The average Bonchev–Trinajstić information content (AvgIpc) is 2.29. The van der Waals surface area contributed by atoms with Crippen LogP contribution in [0, 0.1) is 0 Å². The summed E-state index contributed by atoms with van der Waals surface area (Å²) in [4.78, 5) is 22.9. The van der Waals surface area contributed by atoms with Crippen LogP contribution in [-0.2, 0) is 4.79 Å². The fourth-order valence-corrected chi connectivity index (χ4v) is 1.29. The lowest BCUT2D eigenvalue weighted by atomic mass is 10.1. The van der Waals surface area contributed by atoms with E-state index in [1.54, 1.807) is 30.3 Å². The lowest BCUT2D eigenvalue weighted by molar-refractivity contribution is -0.132. The number of primary amides is 1. The minimum atomic E-state index is -0.990. The van der Waals surface area contributed by atoms with E-state index in [0.717, 1.165) is 0 Å². The van der Waals surface area contributed by atoms with Gasteiger partial charge in [-0.05, 0) is 5.56 Å². The molecule has 0 aliphatic rings. The van der Waals surface area contributed by atoms with E-state index in [0.29, 0.717) is 10.5 Å². The molecule has 0 aromatic heterocycles. The molecule has 0 radical (unpaired) electrons. The Hall–Kier alpha value is -1.92. The number of benzene rings is 1. The third-order valence-corrected chi connectivity index (χ3v) is 2.06. The Labute approximate surface area is 92.4 Å². The van der Waals surface area contributed by atoms with E-state index >= 15 is 0 Å². The molecular weight excluding hydrogens is 210 g/mol. The van der Waals surface area contributed by atoms with Crippen molar-refractivity contribution in [2.45, 2.75) is 6.17 Å². The number of nitrogens with two attached hydrogens (primary N) is 2. The Bertz CT molecular complexity index is 380. The Morgan fingerprint density at radius 1 is 1.31 bits per heavy atom. The fraction of sp³-hybridized carbons (Fsp3) is 0.200. The third-order valence-electron chi connectivity index (χ3n) is 2.06. The van der Waals surface area contributed by atoms with E-state index in [-0.39, 0.29) is 0 Å². The van der Waals surface area contributed by atoms with Gasteiger partial charge >= 0.3 is 6.03 Å². The number of carbonyl (C=O) groups excluding carboxylic acids is 2. The molecule has 6 nitrogen and oxygen atoms in total. The Kier molecular flexibility index (Phi) is 3.98. The second-order valence-corrected chi connectivity index (χ2v) is 3.12. The van der Waals surface area contributed by atoms with Crippen molar-refractivity contribution in [1.82, 2.24) is 4.90 Å². The maximum Gasteiger partial charge on any atom is 0.323 e. The third kappa shape index (κ3) is 2.56. The first-order valence-corrected chi connectivity index (χ1v) is 4.60. The topological polar surface area (TPSA) is 110 Å². The predicted molar refractivity (Wildman–Crippen MR) is 56.9 cm³/mol. The minimum Gasteiger partial charge on any atom is -0.387 e. The Balaban J connectivity index is 2.96. The van der Waals surface area contributed by atoms with Crippen LogP contribution >= 0.6 is 0 Å². The molecular formula is C10H13N3O3. The summed E-state index contributed by atoms with van der Waals surface area (Å²) >= 11 is 0. The molecule has 16 heavy (non-hydrogen) atoms. The highest BCUT2D eigenvalue weighted by Crippen LogP contribution is 2.14. The molecule has 1 aromatic carbocycles. The van der Waals surface area contributed by atoms with Crippen molar-refractivity contribution in [3.8, 4) is 0 Å². The van der Waals surface area contributed by atoms with E-state index in [1.165, 1.54) is 0 Å². The molecule has 1 atom stereocenters. The van der Waals surface area contributed by atoms with Crippen molar-refractivity contribution in [2.24, 2.45) is 11.5 Å². The normalized spacial score (nSPS) is 11.9. The molecule has 0 aliphatic heterocycles. The molecule has 0 saturated heterocycles. The summed E-state index contributed by atoms with van der Waals surface area (Å²) in [5, 5.41) is 8.70. The monoisotopic (exact) mass is 223 g/mol. The van der Waals surface area contributed by atoms with Gasteiger partial charge in [-0.25, -0.2) is 9.69 Å². The maximum absolute atomic E-state index is 11.3. The summed E-state index contributed by atoms with van der Waals surface area (Å²) in [5.74, 6) is -0.830. The summed E-state index contributed by atoms with van der Waals surface area (Å²) in [6, 6.07) is 7.54. The van der Waals surface area contributed by atoms with Crippen molar-refractivity contribution < 1.29 is 14.7 Å². The fourth-order valence-electron chi connectivity index (χ4n) is 1.29. The first kappa shape index (κ1) is 12.2. The van der Waals surface area contributed by atoms with Crippen LogP contribution in [0.2, 0.25) is 0 Å². The Morgan fingerprint density at radius 2 is 1.88 bits per heavy atom. The van der Waals surface area contributed by atoms with Crippen LogP contribution in [0.1, 0.15) is 11.7 Å². The van der Waals surface area contributed by atoms with Crippen molar-refractivity contribution >= 4 is 11.9 Å². The number of aliphatic hydroxyl groups is 1. The summed E-state index contributed by atoms with van der Waals surface area (Å²) in [5.41, 5.74) is 11.3. The molecule has 3 amide bonds. The number of aliphatic hydroxyl groups excluding tert-OH is 1. The molecule has 1 unspecified atom stereocenters. The van der Waals surface area contributed by atoms with Gasteiger partial charge in [0.05, 0.1) is 0 Å². The molecule has 0 saturated carbocycles. The number of carbonyl (C=O) groups is 2. The van der Waals surface area contributed by atoms with E-state index in [1.807, 2.05) is 0 Å². The average molecular weight is 223 g/mol. The molecule has 86 valence electrons. The van der Waals surface area contributed by atoms with Crippen LogP contribution in [0.4, 0.5) is 4.79 Å². The highest BCUT2D eigenvalue weighted by Gasteiger charge is 2.25. The van der Waals surface area contributed by atoms with Gasteiger partial charge in [0, 0.05) is 0 Å². The second-order valence-electron chi connectivity index (χ2n) is 3.12. The van der Waals surface area contributed by atoms with Gasteiger partial charge < -0.3 is 16.6 Å². The number of hydrogen-bond acceptors (Lipinski definition) is 4. The van der Waals surface area contributed by atoms with Crippen LogP contribution in [-0.4, -0.2) is 28.6 Å². The molecule has 1 rings (SSSR count). The maximum atomic E-state index is 11.3. The van der Waals surface area contributed by atoms with Gasteiger partial charge in [0.25, 0.3) is 5.91 Å². The zero-order valence-electron chi connectivity index (χ0n) is 8.54. The summed E-state index contributed by atoms with van der Waals surface area (Å²) in [6.07, 6.45) is -0.988. The SMILES string of the molecule is NC(=O)N(C(=O)CO)C(N)c1ccccc1. The van der Waals surface area contributed by atoms with Crippen LogP contribution in [0.25, 0.3) is 0 Å². The van der Waals surface area contributed by atoms with E-state index < -0.39 is 24.7 Å². The van der Waals surface area contributed by atoms with Gasteiger partial charge in [-0.15, -0.1) is 0 Å². The van der Waals surface area contributed by atoms with Gasteiger partial charge in [0.1, 0.15) is 12.8 Å². The van der Waals surface area contributed by atoms with Crippen molar-refractivity contribution in [1.29, 1.82) is 0 Å². The van der Waals surface area contributed by atoms with Crippen molar-refractivity contribution in [3.63, 3.8) is 0 Å². The quantitative estimate of drug-likeness (QED) is 0.602. The first-order chi connectivity index (χ1) is 7.57. The minimum absolute atomic E-state index is 0.558. The first-order valence-electron chi connectivity index (χ1n) is 4.60. The summed E-state index contributed by atoms with van der Waals surface area (Å²) in [6.45, 7) is -0.816. The smallest absolute Gasteiger partial charge is 0.323 e. The molecule has 0 spiro atoms. The number of imide groups is 1. The molecule has 6 heteroatoms. The van der Waals surface area contributed by atoms with Crippen molar-refractivity contribution in [3.05, 3.63) is 35.9 Å². The zero-order chi connectivity index (χ0) is 12.1. The number of hydrogen-bond donors (Lipinski definition) is 3. The lowest BCUT2D eigenvalue weighted by Crippen LogP contribution is -2.47. The van der Waals surface area contributed by atoms with E-state index in [2.05, 4.69) is 0 Å². The van der Waals surface area contributed by atoms with Gasteiger partial charge in [0.2, 0.25) is 0 Å². The number of nitrogens with zero attached hydrogens (tertiary/aromatic N) is 1. The molecule has 1 aromatic rings. The van der Waals surface area contributed by atoms with E-state index in [9.17, 15) is 9.59 Å². The largest absolute Gasteiger partial charge is 0.387 e. The standard InChI is InChI=1S/C10H13N3O3/c11-9(7-4-2-1-3-5-7)13(10(12)16)8(15)6-14/h1-5,9,14H,6,11H2,(H2,12,16). The van der Waals surface area contributed by atoms with Gasteiger partial charge in [-0.3, -0.25) is 4.79 Å². The summed E-state index contributed by atoms with van der Waals surface area (Å²) in [7, 11) is 0. The number of rotatable bonds is 3. The molecule has 0 fully saturated rings. The van der Waals surface area contributed by atoms with Crippen LogP contribution in [0.5, 0.6) is 0 Å². The van der Waals surface area contributed by atoms with Crippen molar-refractivity contribution in [2.75, 3.05) is 6.61 Å². The molecule has 0 bridgehead atoms. The van der Waals surface area contributed by atoms with Crippen LogP contribution in [0.15, 0.2) is 30.3 Å². The number of urea groups is 1. The van der Waals surface area contributed by atoms with Crippen LogP contribution in [0.3, 0.4) is 0 Å². The zero-order valence-corrected chi connectivity index (χ0v) is 8.54. The second kappa shape index (κ2) is 5.24. The van der Waals surface area contributed by atoms with E-state index in [4.69, 9.17) is 16.6 Å². The van der Waals surface area contributed by atoms with Crippen LogP contribution < -0.4 is 11.5 Å². The van der Waals surface area contributed by atoms with Gasteiger partial charge in [-0.2, -0.15) is 0 Å². The molecule has 0 aliphatic carbocycles. The van der Waals surface area contributed by atoms with Gasteiger partial charge in [0.15, 0.2) is 0 Å². The van der Waals surface area contributed by atoms with Gasteiger partial charge in [-0.1, -0.05) is 30.3 Å². The molecule has 0 heterocycles. The Morgan fingerprint density at radius 3 is 2.31 bits per heavy atom. The predicted octanol–water partition coefficient (Wildman–Crippen LogP) is -0.456. The highest BCUT2D eigenvalue weighted by atomic mass is 16.3. The number of amides is 3.